The average molecular weight is 285 g/mol. The van der Waals surface area contributed by atoms with Crippen LogP contribution in [-0.2, 0) is 17.3 Å². The molecule has 0 saturated heterocycles. The van der Waals surface area contributed by atoms with Crippen LogP contribution in [0.2, 0.25) is 0 Å². The maximum absolute atomic E-state index is 11.8. The molecule has 1 aliphatic heterocycles. The fourth-order valence-electron chi connectivity index (χ4n) is 2.54. The Labute approximate surface area is 123 Å². The van der Waals surface area contributed by atoms with Crippen LogP contribution < -0.4 is 5.32 Å². The van der Waals surface area contributed by atoms with Gasteiger partial charge in [0.15, 0.2) is 5.82 Å². The molecule has 1 N–H and O–H groups in total. The van der Waals surface area contributed by atoms with Gasteiger partial charge in [-0.1, -0.05) is 20.8 Å². The van der Waals surface area contributed by atoms with E-state index in [0.29, 0.717) is 12.2 Å². The molecule has 0 radical (unpaired) electrons. The van der Waals surface area contributed by atoms with Crippen LogP contribution in [0, 0.1) is 0 Å². The van der Waals surface area contributed by atoms with Crippen molar-refractivity contribution in [2.75, 3.05) is 5.32 Å². The first-order chi connectivity index (χ1) is 9.84. The molecule has 3 heterocycles. The van der Waals surface area contributed by atoms with Gasteiger partial charge in [0.1, 0.15) is 5.82 Å². The van der Waals surface area contributed by atoms with Gasteiger partial charge >= 0.3 is 0 Å². The Morgan fingerprint density at radius 1 is 1.29 bits per heavy atom. The lowest BCUT2D eigenvalue weighted by Gasteiger charge is -2.22. The van der Waals surface area contributed by atoms with E-state index in [-0.39, 0.29) is 17.2 Å². The lowest BCUT2D eigenvalue weighted by molar-refractivity contribution is -0.116. The summed E-state index contributed by atoms with van der Waals surface area (Å²) in [6, 6.07) is 0. The summed E-state index contributed by atoms with van der Waals surface area (Å²) in [7, 11) is 1.85. The normalized spacial score (nSPS) is 18.3. The van der Waals surface area contributed by atoms with E-state index in [1.165, 1.54) is 0 Å². The van der Waals surface area contributed by atoms with Gasteiger partial charge in [0, 0.05) is 49.0 Å². The van der Waals surface area contributed by atoms with E-state index >= 15 is 0 Å². The van der Waals surface area contributed by atoms with Crippen LogP contribution in [0.5, 0.6) is 0 Å². The Morgan fingerprint density at radius 3 is 2.57 bits per heavy atom. The van der Waals surface area contributed by atoms with Crippen LogP contribution in [0.3, 0.4) is 0 Å². The monoisotopic (exact) mass is 285 g/mol. The molecule has 0 spiro atoms. The minimum atomic E-state index is -0.0814. The predicted molar refractivity (Wildman–Crippen MR) is 79.0 cm³/mol. The van der Waals surface area contributed by atoms with E-state index < -0.39 is 0 Å². The standard InChI is InChI=1S/C15H19N5O/c1-15(2,3)14-16-6-9(7-17-14)10-5-12(21)18-13-11(10)8-20(4)19-13/h6-8,10H,5H2,1-4H3,(H,18,19,21). The summed E-state index contributed by atoms with van der Waals surface area (Å²) >= 11 is 0. The molecule has 2 aromatic heterocycles. The van der Waals surface area contributed by atoms with Crippen molar-refractivity contribution in [1.82, 2.24) is 19.7 Å². The third-order valence-electron chi connectivity index (χ3n) is 3.62. The van der Waals surface area contributed by atoms with Crippen molar-refractivity contribution in [1.29, 1.82) is 0 Å². The van der Waals surface area contributed by atoms with Crippen molar-refractivity contribution < 1.29 is 4.79 Å². The summed E-state index contributed by atoms with van der Waals surface area (Å²) < 4.78 is 1.72. The highest BCUT2D eigenvalue weighted by Gasteiger charge is 2.30. The highest BCUT2D eigenvalue weighted by atomic mass is 16.1. The second-order valence-electron chi connectivity index (χ2n) is 6.50. The number of hydrogen-bond acceptors (Lipinski definition) is 4. The van der Waals surface area contributed by atoms with Crippen molar-refractivity contribution in [2.45, 2.75) is 38.5 Å². The number of fused-ring (bicyclic) bond motifs is 1. The molecular weight excluding hydrogens is 266 g/mol. The third-order valence-corrected chi connectivity index (χ3v) is 3.62. The number of nitrogens with one attached hydrogen (secondary N) is 1. The zero-order valence-electron chi connectivity index (χ0n) is 12.7. The fraction of sp³-hybridized carbons (Fsp3) is 0.467. The molecule has 0 bridgehead atoms. The lowest BCUT2D eigenvalue weighted by Crippen LogP contribution is -2.23. The zero-order valence-corrected chi connectivity index (χ0v) is 12.7. The molecular formula is C15H19N5O. The largest absolute Gasteiger partial charge is 0.309 e. The van der Waals surface area contributed by atoms with Crippen molar-refractivity contribution in [3.8, 4) is 0 Å². The second kappa shape index (κ2) is 4.65. The van der Waals surface area contributed by atoms with Crippen LogP contribution in [0.4, 0.5) is 5.82 Å². The first-order valence-electron chi connectivity index (χ1n) is 7.00. The number of carbonyl (C=O) groups is 1. The summed E-state index contributed by atoms with van der Waals surface area (Å²) in [6.45, 7) is 6.24. The van der Waals surface area contributed by atoms with Gasteiger partial charge < -0.3 is 5.32 Å². The SMILES string of the molecule is Cn1cc2c(n1)NC(=O)CC2c1cnc(C(C)(C)C)nc1. The van der Waals surface area contributed by atoms with Gasteiger partial charge in [0.2, 0.25) is 5.91 Å². The van der Waals surface area contributed by atoms with Crippen LogP contribution in [0.1, 0.15) is 50.1 Å². The second-order valence-corrected chi connectivity index (χ2v) is 6.50. The van der Waals surface area contributed by atoms with E-state index in [1.807, 2.05) is 25.6 Å². The molecule has 0 fully saturated rings. The highest BCUT2D eigenvalue weighted by Crippen LogP contribution is 2.35. The van der Waals surface area contributed by atoms with Crippen LogP contribution in [0.15, 0.2) is 18.6 Å². The topological polar surface area (TPSA) is 72.7 Å². The first kappa shape index (κ1) is 13.7. The van der Waals surface area contributed by atoms with Gasteiger partial charge in [-0.3, -0.25) is 9.48 Å². The van der Waals surface area contributed by atoms with E-state index in [9.17, 15) is 4.79 Å². The Kier molecular flexibility index (Phi) is 3.04. The summed E-state index contributed by atoms with van der Waals surface area (Å²) in [5.41, 5.74) is 1.89. The molecule has 6 heteroatoms. The van der Waals surface area contributed by atoms with Crippen LogP contribution in [0.25, 0.3) is 0 Å². The first-order valence-corrected chi connectivity index (χ1v) is 7.00. The van der Waals surface area contributed by atoms with E-state index in [0.717, 1.165) is 17.0 Å². The molecule has 0 aromatic carbocycles. The highest BCUT2D eigenvalue weighted by molar-refractivity contribution is 5.94. The van der Waals surface area contributed by atoms with Gasteiger partial charge in [-0.05, 0) is 5.56 Å². The minimum absolute atomic E-state index is 0.0221. The summed E-state index contributed by atoms with van der Waals surface area (Å²) in [4.78, 5) is 20.8. The van der Waals surface area contributed by atoms with Crippen molar-refractivity contribution >= 4 is 11.7 Å². The Bertz CT molecular complexity index is 681. The molecule has 110 valence electrons. The maximum Gasteiger partial charge on any atom is 0.226 e. The number of aromatic nitrogens is 4. The fourth-order valence-corrected chi connectivity index (χ4v) is 2.54. The molecule has 0 aliphatic carbocycles. The van der Waals surface area contributed by atoms with Gasteiger partial charge in [0.25, 0.3) is 0 Å². The van der Waals surface area contributed by atoms with E-state index in [2.05, 4.69) is 41.2 Å². The number of hydrogen-bond donors (Lipinski definition) is 1. The summed E-state index contributed by atoms with van der Waals surface area (Å²) in [5.74, 6) is 1.39. The average Bonchev–Trinajstić information content (AvgIpc) is 2.77. The molecule has 2 aromatic rings. The molecule has 1 atom stereocenters. The zero-order chi connectivity index (χ0) is 15.2. The van der Waals surface area contributed by atoms with Gasteiger partial charge in [-0.2, -0.15) is 5.10 Å². The van der Waals surface area contributed by atoms with Crippen molar-refractivity contribution in [2.24, 2.45) is 7.05 Å². The number of aryl methyl sites for hydroxylation is 1. The number of amides is 1. The molecule has 6 nitrogen and oxygen atoms in total. The lowest BCUT2D eigenvalue weighted by atomic mass is 9.88. The molecule has 3 rings (SSSR count). The van der Waals surface area contributed by atoms with Crippen molar-refractivity contribution in [3.05, 3.63) is 35.5 Å². The molecule has 1 amide bonds. The van der Waals surface area contributed by atoms with Crippen LogP contribution in [-0.4, -0.2) is 25.7 Å². The van der Waals surface area contributed by atoms with Gasteiger partial charge in [-0.15, -0.1) is 0 Å². The molecule has 1 aliphatic rings. The quantitative estimate of drug-likeness (QED) is 0.869. The van der Waals surface area contributed by atoms with E-state index in [1.54, 1.807) is 4.68 Å². The third kappa shape index (κ3) is 2.53. The summed E-state index contributed by atoms with van der Waals surface area (Å²) in [5, 5.41) is 7.08. The number of carbonyl (C=O) groups excluding carboxylic acids is 1. The number of anilines is 1. The van der Waals surface area contributed by atoms with Gasteiger partial charge in [0.05, 0.1) is 0 Å². The molecule has 1 unspecified atom stereocenters. The Morgan fingerprint density at radius 2 is 1.95 bits per heavy atom. The number of nitrogens with zero attached hydrogens (tertiary/aromatic N) is 4. The Hall–Kier alpha value is -2.24. The van der Waals surface area contributed by atoms with Crippen LogP contribution >= 0.6 is 0 Å². The predicted octanol–water partition coefficient (Wildman–Crippen LogP) is 1.98. The minimum Gasteiger partial charge on any atom is -0.309 e. The smallest absolute Gasteiger partial charge is 0.226 e. The van der Waals surface area contributed by atoms with E-state index in [4.69, 9.17) is 0 Å². The number of rotatable bonds is 1. The Balaban J connectivity index is 1.99. The summed E-state index contributed by atoms with van der Waals surface area (Å²) in [6.07, 6.45) is 6.00. The maximum atomic E-state index is 11.8. The van der Waals surface area contributed by atoms with Crippen molar-refractivity contribution in [3.63, 3.8) is 0 Å². The molecule has 21 heavy (non-hydrogen) atoms. The van der Waals surface area contributed by atoms with Gasteiger partial charge in [-0.25, -0.2) is 9.97 Å². The molecule has 0 saturated carbocycles.